The van der Waals surface area contributed by atoms with Crippen LogP contribution in [0.2, 0.25) is 0 Å². The lowest BCUT2D eigenvalue weighted by atomic mass is 9.97. The summed E-state index contributed by atoms with van der Waals surface area (Å²) in [5, 5.41) is 10.9. The Kier molecular flexibility index (Phi) is 4.42. The summed E-state index contributed by atoms with van der Waals surface area (Å²) >= 11 is 3.58. The summed E-state index contributed by atoms with van der Waals surface area (Å²) in [6.45, 7) is 2.38. The van der Waals surface area contributed by atoms with Gasteiger partial charge in [0.2, 0.25) is 5.88 Å². The van der Waals surface area contributed by atoms with Gasteiger partial charge in [0.25, 0.3) is 0 Å². The molecule has 28 heavy (non-hydrogen) atoms. The fourth-order valence-corrected chi connectivity index (χ4v) is 5.74. The molecule has 5 rings (SSSR count). The second-order valence-corrected chi connectivity index (χ2v) is 8.74. The summed E-state index contributed by atoms with van der Waals surface area (Å²) in [6.07, 6.45) is 0.990. The largest absolute Gasteiger partial charge is 0.477 e. The van der Waals surface area contributed by atoms with Crippen LogP contribution in [0.5, 0.6) is 5.88 Å². The van der Waals surface area contributed by atoms with Crippen molar-refractivity contribution in [3.63, 3.8) is 0 Å². The predicted octanol–water partition coefficient (Wildman–Crippen LogP) is 5.57. The van der Waals surface area contributed by atoms with E-state index in [2.05, 4.69) is 12.1 Å². The van der Waals surface area contributed by atoms with Gasteiger partial charge >= 0.3 is 0 Å². The van der Waals surface area contributed by atoms with Crippen LogP contribution in [0.3, 0.4) is 0 Å². The van der Waals surface area contributed by atoms with E-state index in [1.165, 1.54) is 11.3 Å². The van der Waals surface area contributed by atoms with Gasteiger partial charge in [-0.2, -0.15) is 17.0 Å². The highest BCUT2D eigenvalue weighted by atomic mass is 32.2. The zero-order valence-electron chi connectivity index (χ0n) is 15.4. The van der Waals surface area contributed by atoms with Crippen LogP contribution < -0.4 is 4.74 Å². The van der Waals surface area contributed by atoms with Gasteiger partial charge in [-0.25, -0.2) is 4.98 Å². The summed E-state index contributed by atoms with van der Waals surface area (Å²) in [5.41, 5.74) is 5.80. The third-order valence-electron chi connectivity index (χ3n) is 4.93. The fourth-order valence-electron chi connectivity index (χ4n) is 3.70. The van der Waals surface area contributed by atoms with Gasteiger partial charge in [-0.15, -0.1) is 11.3 Å². The Bertz CT molecular complexity index is 1240. The number of ether oxygens (including phenoxy) is 1. The summed E-state index contributed by atoms with van der Waals surface area (Å²) in [6, 6.07) is 14.6. The first-order valence-corrected chi connectivity index (χ1v) is 11.2. The number of rotatable bonds is 3. The standard InChI is InChI=1S/C22H17N3OS2/c1-2-26-21-15(11-23)18(13-6-4-3-5-7-13)19-20-17(28-22(19)25-21)10-14-12-27-9-8-16(14)24-20/h3-7,10H,2,8-9,12H2,1H3. The Labute approximate surface area is 171 Å². The predicted molar refractivity (Wildman–Crippen MR) is 116 cm³/mol. The third-order valence-corrected chi connectivity index (χ3v) is 6.95. The molecule has 0 fully saturated rings. The quantitative estimate of drug-likeness (QED) is 0.447. The van der Waals surface area contributed by atoms with E-state index < -0.39 is 0 Å². The van der Waals surface area contributed by atoms with E-state index in [4.69, 9.17) is 14.7 Å². The summed E-state index contributed by atoms with van der Waals surface area (Å²) in [5.74, 6) is 2.53. The van der Waals surface area contributed by atoms with Crippen LogP contribution in [0, 0.1) is 11.3 Å². The monoisotopic (exact) mass is 403 g/mol. The smallest absolute Gasteiger partial charge is 0.233 e. The maximum Gasteiger partial charge on any atom is 0.233 e. The maximum atomic E-state index is 9.96. The topological polar surface area (TPSA) is 58.8 Å². The Morgan fingerprint density at radius 2 is 2.07 bits per heavy atom. The van der Waals surface area contributed by atoms with Crippen molar-refractivity contribution in [3.8, 4) is 23.1 Å². The van der Waals surface area contributed by atoms with Gasteiger partial charge in [-0.3, -0.25) is 4.98 Å². The average Bonchev–Trinajstić information content (AvgIpc) is 3.08. The Morgan fingerprint density at radius 3 is 2.86 bits per heavy atom. The number of thiophene rings is 1. The summed E-state index contributed by atoms with van der Waals surface area (Å²) in [4.78, 5) is 10.6. The van der Waals surface area contributed by atoms with Gasteiger partial charge in [0, 0.05) is 22.4 Å². The molecule has 3 aromatic heterocycles. The molecule has 0 saturated heterocycles. The van der Waals surface area contributed by atoms with Gasteiger partial charge in [0.1, 0.15) is 16.5 Å². The van der Waals surface area contributed by atoms with Gasteiger partial charge in [0.15, 0.2) is 0 Å². The number of pyridine rings is 2. The van der Waals surface area contributed by atoms with Crippen molar-refractivity contribution in [2.75, 3.05) is 12.4 Å². The molecule has 6 heteroatoms. The number of fused-ring (bicyclic) bond motifs is 4. The zero-order valence-corrected chi connectivity index (χ0v) is 17.0. The van der Waals surface area contributed by atoms with Crippen molar-refractivity contribution in [1.82, 2.24) is 9.97 Å². The van der Waals surface area contributed by atoms with Crippen molar-refractivity contribution in [1.29, 1.82) is 5.26 Å². The lowest BCUT2D eigenvalue weighted by molar-refractivity contribution is 0.327. The minimum atomic E-state index is 0.406. The number of nitrogens with zero attached hydrogens (tertiary/aromatic N) is 3. The minimum absolute atomic E-state index is 0.406. The van der Waals surface area contributed by atoms with E-state index in [0.717, 1.165) is 49.5 Å². The molecule has 0 amide bonds. The Hall–Kier alpha value is -2.62. The number of thioether (sulfide) groups is 1. The summed E-state index contributed by atoms with van der Waals surface area (Å²) in [7, 11) is 0. The number of aryl methyl sites for hydroxylation is 1. The van der Waals surface area contributed by atoms with Crippen molar-refractivity contribution in [2.24, 2.45) is 0 Å². The van der Waals surface area contributed by atoms with Crippen molar-refractivity contribution >= 4 is 43.5 Å². The maximum absolute atomic E-state index is 9.96. The Morgan fingerprint density at radius 1 is 1.21 bits per heavy atom. The molecule has 0 saturated carbocycles. The van der Waals surface area contributed by atoms with E-state index in [1.807, 2.05) is 49.0 Å². The van der Waals surface area contributed by atoms with E-state index in [1.54, 1.807) is 11.3 Å². The van der Waals surface area contributed by atoms with Crippen LogP contribution in [0.1, 0.15) is 23.7 Å². The number of hydrogen-bond acceptors (Lipinski definition) is 6. The molecule has 0 spiro atoms. The van der Waals surface area contributed by atoms with E-state index in [-0.39, 0.29) is 0 Å². The van der Waals surface area contributed by atoms with E-state index >= 15 is 0 Å². The average molecular weight is 404 g/mol. The zero-order chi connectivity index (χ0) is 19.1. The molecule has 4 aromatic rings. The molecule has 0 radical (unpaired) electrons. The van der Waals surface area contributed by atoms with Crippen LogP contribution in [0.15, 0.2) is 36.4 Å². The van der Waals surface area contributed by atoms with Gasteiger partial charge in [-0.05, 0) is 36.3 Å². The van der Waals surface area contributed by atoms with Crippen molar-refractivity contribution in [2.45, 2.75) is 19.1 Å². The molecule has 4 nitrogen and oxygen atoms in total. The molecule has 0 aliphatic carbocycles. The van der Waals surface area contributed by atoms with Crippen LogP contribution >= 0.6 is 23.1 Å². The third kappa shape index (κ3) is 2.74. The highest BCUT2D eigenvalue weighted by Crippen LogP contribution is 2.43. The minimum Gasteiger partial charge on any atom is -0.477 e. The first kappa shape index (κ1) is 17.5. The van der Waals surface area contributed by atoms with Gasteiger partial charge in [-0.1, -0.05) is 30.3 Å². The molecule has 0 bridgehead atoms. The molecular formula is C22H17N3OS2. The second-order valence-electron chi connectivity index (χ2n) is 6.60. The van der Waals surface area contributed by atoms with Gasteiger partial charge < -0.3 is 4.74 Å². The number of aromatic nitrogens is 2. The number of hydrogen-bond donors (Lipinski definition) is 0. The highest BCUT2D eigenvalue weighted by molar-refractivity contribution is 7.98. The molecule has 4 heterocycles. The van der Waals surface area contributed by atoms with Crippen molar-refractivity contribution in [3.05, 3.63) is 53.2 Å². The first-order chi connectivity index (χ1) is 13.8. The fraction of sp³-hybridized carbons (Fsp3) is 0.227. The van der Waals surface area contributed by atoms with Crippen LogP contribution in [-0.4, -0.2) is 22.3 Å². The molecule has 1 aliphatic heterocycles. The highest BCUT2D eigenvalue weighted by Gasteiger charge is 2.23. The number of benzene rings is 1. The molecule has 0 atom stereocenters. The second kappa shape index (κ2) is 7.08. The van der Waals surface area contributed by atoms with Gasteiger partial charge in [0.05, 0.1) is 16.8 Å². The van der Waals surface area contributed by atoms with E-state index in [9.17, 15) is 5.26 Å². The SMILES string of the molecule is CCOc1nc2sc3cc4c(nc3c2c(-c2ccccc2)c1C#N)CCSC4. The molecule has 1 aliphatic rings. The first-order valence-electron chi connectivity index (χ1n) is 9.25. The number of nitriles is 1. The molecule has 0 unspecified atom stereocenters. The van der Waals surface area contributed by atoms with Crippen LogP contribution in [0.4, 0.5) is 0 Å². The van der Waals surface area contributed by atoms with Crippen molar-refractivity contribution < 1.29 is 4.74 Å². The van der Waals surface area contributed by atoms with Crippen LogP contribution in [-0.2, 0) is 12.2 Å². The molecule has 0 N–H and O–H groups in total. The normalized spacial score (nSPS) is 13.4. The summed E-state index contributed by atoms with van der Waals surface area (Å²) < 4.78 is 6.87. The molecule has 138 valence electrons. The molecular weight excluding hydrogens is 386 g/mol. The van der Waals surface area contributed by atoms with E-state index in [0.29, 0.717) is 18.1 Å². The Balaban J connectivity index is 1.92. The molecule has 1 aromatic carbocycles. The lowest BCUT2D eigenvalue weighted by Gasteiger charge is -2.14. The lowest BCUT2D eigenvalue weighted by Crippen LogP contribution is -2.04. The van der Waals surface area contributed by atoms with Crippen LogP contribution in [0.25, 0.3) is 31.6 Å².